The third-order valence-corrected chi connectivity index (χ3v) is 4.75. The monoisotopic (exact) mass is 266 g/mol. The number of hydrogen-bond acceptors (Lipinski definition) is 4. The molecule has 0 spiro atoms. The Bertz CT molecular complexity index is 374. The molecule has 0 aromatic heterocycles. The van der Waals surface area contributed by atoms with Crippen molar-refractivity contribution in [2.24, 2.45) is 5.92 Å². The number of carbonyl (C=O) groups excluding carboxylic acids is 1. The van der Waals surface area contributed by atoms with Gasteiger partial charge in [-0.1, -0.05) is 12.5 Å². The minimum absolute atomic E-state index is 0.0892. The molecule has 2 atom stereocenters. The van der Waals surface area contributed by atoms with E-state index < -0.39 is 20.3 Å². The number of ether oxygens (including phenoxy) is 1. The zero-order chi connectivity index (χ0) is 12.2. The van der Waals surface area contributed by atoms with E-state index in [2.05, 4.69) is 4.74 Å². The van der Waals surface area contributed by atoms with Crippen LogP contribution in [0.3, 0.4) is 0 Å². The summed E-state index contributed by atoms with van der Waals surface area (Å²) >= 11 is 0. The fraction of sp³-hybridized carbons (Fsp3) is 0.700. The molecule has 0 saturated heterocycles. The van der Waals surface area contributed by atoms with Gasteiger partial charge in [-0.3, -0.25) is 0 Å². The Balaban J connectivity index is 2.58. The summed E-state index contributed by atoms with van der Waals surface area (Å²) in [5, 5.41) is -0.491. The maximum atomic E-state index is 11.2. The van der Waals surface area contributed by atoms with Gasteiger partial charge in [0.05, 0.1) is 12.4 Å². The number of allylic oxidation sites excluding steroid dienone is 1. The maximum Gasteiger partial charge on any atom is 0.330 e. The van der Waals surface area contributed by atoms with E-state index in [-0.39, 0.29) is 5.92 Å². The summed E-state index contributed by atoms with van der Waals surface area (Å²) in [6.45, 7) is 0. The SMILES string of the molecule is COC(=O)/C=C/C1CCCC(S(=O)(=O)Cl)C1. The quantitative estimate of drug-likeness (QED) is 0.444. The lowest BCUT2D eigenvalue weighted by atomic mass is 9.88. The molecule has 16 heavy (non-hydrogen) atoms. The van der Waals surface area contributed by atoms with Crippen molar-refractivity contribution in [2.75, 3.05) is 7.11 Å². The summed E-state index contributed by atoms with van der Waals surface area (Å²) in [5.41, 5.74) is 0. The molecule has 0 aromatic carbocycles. The fourth-order valence-electron chi connectivity index (χ4n) is 1.89. The second-order valence-electron chi connectivity index (χ2n) is 3.91. The number of halogens is 1. The Kier molecular flexibility index (Phi) is 4.80. The summed E-state index contributed by atoms with van der Waals surface area (Å²) in [6.07, 6.45) is 5.84. The summed E-state index contributed by atoms with van der Waals surface area (Å²) in [7, 11) is 3.15. The third-order valence-electron chi connectivity index (χ3n) is 2.77. The number of carbonyl (C=O) groups is 1. The van der Waals surface area contributed by atoms with E-state index >= 15 is 0 Å². The van der Waals surface area contributed by atoms with Gasteiger partial charge in [0.25, 0.3) is 0 Å². The van der Waals surface area contributed by atoms with Gasteiger partial charge >= 0.3 is 5.97 Å². The molecule has 92 valence electrons. The van der Waals surface area contributed by atoms with E-state index in [9.17, 15) is 13.2 Å². The molecule has 0 bridgehead atoms. The van der Waals surface area contributed by atoms with E-state index in [1.54, 1.807) is 6.08 Å². The number of hydrogen-bond donors (Lipinski definition) is 0. The standard InChI is InChI=1S/C10H15ClO4S/c1-15-10(12)6-5-8-3-2-4-9(7-8)16(11,13)14/h5-6,8-9H,2-4,7H2,1H3/b6-5+. The molecule has 0 heterocycles. The molecule has 6 heteroatoms. The van der Waals surface area contributed by atoms with Gasteiger partial charge in [-0.2, -0.15) is 0 Å². The lowest BCUT2D eigenvalue weighted by Gasteiger charge is -2.24. The molecule has 1 aliphatic carbocycles. The first kappa shape index (κ1) is 13.5. The lowest BCUT2D eigenvalue weighted by molar-refractivity contribution is -0.134. The van der Waals surface area contributed by atoms with Crippen molar-refractivity contribution in [2.45, 2.75) is 30.9 Å². The van der Waals surface area contributed by atoms with Crippen LogP contribution in [0.25, 0.3) is 0 Å². The number of esters is 1. The molecule has 1 aliphatic rings. The van der Waals surface area contributed by atoms with Crippen molar-refractivity contribution in [1.29, 1.82) is 0 Å². The predicted octanol–water partition coefficient (Wildman–Crippen LogP) is 1.84. The van der Waals surface area contributed by atoms with E-state index in [1.807, 2.05) is 0 Å². The smallest absolute Gasteiger partial charge is 0.330 e. The molecule has 1 saturated carbocycles. The molecule has 4 nitrogen and oxygen atoms in total. The fourth-order valence-corrected chi connectivity index (χ4v) is 3.31. The van der Waals surface area contributed by atoms with Gasteiger partial charge in [0.2, 0.25) is 9.05 Å². The minimum Gasteiger partial charge on any atom is -0.466 e. The second kappa shape index (κ2) is 5.68. The van der Waals surface area contributed by atoms with Gasteiger partial charge in [0, 0.05) is 16.8 Å². The molecular weight excluding hydrogens is 252 g/mol. The highest BCUT2D eigenvalue weighted by Gasteiger charge is 2.29. The van der Waals surface area contributed by atoms with Gasteiger partial charge < -0.3 is 4.74 Å². The van der Waals surface area contributed by atoms with Gasteiger partial charge in [-0.05, 0) is 25.2 Å². The Hall–Kier alpha value is -0.550. The molecule has 1 rings (SSSR count). The van der Waals surface area contributed by atoms with Crippen LogP contribution in [0, 0.1) is 5.92 Å². The largest absolute Gasteiger partial charge is 0.466 e. The van der Waals surface area contributed by atoms with Crippen LogP contribution in [0.5, 0.6) is 0 Å². The summed E-state index contributed by atoms with van der Waals surface area (Å²) in [4.78, 5) is 10.9. The zero-order valence-electron chi connectivity index (χ0n) is 9.06. The van der Waals surface area contributed by atoms with Crippen LogP contribution in [0.2, 0.25) is 0 Å². The van der Waals surface area contributed by atoms with Crippen LogP contribution in [-0.2, 0) is 18.6 Å². The summed E-state index contributed by atoms with van der Waals surface area (Å²) in [5.74, 6) is -0.331. The molecule has 0 aliphatic heterocycles. The summed E-state index contributed by atoms with van der Waals surface area (Å²) in [6, 6.07) is 0. The molecule has 0 amide bonds. The highest BCUT2D eigenvalue weighted by molar-refractivity contribution is 8.14. The van der Waals surface area contributed by atoms with Crippen molar-refractivity contribution < 1.29 is 17.9 Å². The van der Waals surface area contributed by atoms with Crippen LogP contribution >= 0.6 is 10.7 Å². The second-order valence-corrected chi connectivity index (χ2v) is 6.81. The Morgan fingerprint density at radius 2 is 2.12 bits per heavy atom. The lowest BCUT2D eigenvalue weighted by Crippen LogP contribution is -2.24. The first-order valence-corrected chi connectivity index (χ1v) is 7.50. The maximum absolute atomic E-state index is 11.2. The van der Waals surface area contributed by atoms with Crippen LogP contribution < -0.4 is 0 Å². The van der Waals surface area contributed by atoms with E-state index in [4.69, 9.17) is 10.7 Å². The highest BCUT2D eigenvalue weighted by atomic mass is 35.7. The van der Waals surface area contributed by atoms with E-state index in [1.165, 1.54) is 13.2 Å². The van der Waals surface area contributed by atoms with Crippen LogP contribution in [0.4, 0.5) is 0 Å². The van der Waals surface area contributed by atoms with Gasteiger partial charge in [0.15, 0.2) is 0 Å². The molecule has 0 N–H and O–H groups in total. The molecule has 2 unspecified atom stereocenters. The Morgan fingerprint density at radius 1 is 1.44 bits per heavy atom. The minimum atomic E-state index is -3.48. The van der Waals surface area contributed by atoms with Crippen molar-refractivity contribution in [3.8, 4) is 0 Å². The van der Waals surface area contributed by atoms with E-state index in [0.29, 0.717) is 12.8 Å². The highest BCUT2D eigenvalue weighted by Crippen LogP contribution is 2.31. The van der Waals surface area contributed by atoms with Crippen LogP contribution in [-0.4, -0.2) is 26.7 Å². The van der Waals surface area contributed by atoms with Crippen molar-refractivity contribution in [1.82, 2.24) is 0 Å². The van der Waals surface area contributed by atoms with E-state index in [0.717, 1.165) is 12.8 Å². The average molecular weight is 267 g/mol. The first-order valence-electron chi connectivity index (χ1n) is 5.13. The third kappa shape index (κ3) is 4.14. The van der Waals surface area contributed by atoms with Gasteiger partial charge in [-0.25, -0.2) is 13.2 Å². The number of methoxy groups -OCH3 is 1. The number of rotatable bonds is 3. The van der Waals surface area contributed by atoms with Crippen LogP contribution in [0.1, 0.15) is 25.7 Å². The molecular formula is C10H15ClO4S. The predicted molar refractivity (Wildman–Crippen MR) is 61.7 cm³/mol. The van der Waals surface area contributed by atoms with Crippen molar-refractivity contribution in [3.05, 3.63) is 12.2 Å². The summed E-state index contributed by atoms with van der Waals surface area (Å²) < 4.78 is 26.8. The van der Waals surface area contributed by atoms with Crippen LogP contribution in [0.15, 0.2) is 12.2 Å². The normalized spacial score (nSPS) is 26.9. The van der Waals surface area contributed by atoms with Gasteiger partial charge in [-0.15, -0.1) is 0 Å². The van der Waals surface area contributed by atoms with Gasteiger partial charge in [0.1, 0.15) is 0 Å². The molecule has 1 fully saturated rings. The average Bonchev–Trinajstić information content (AvgIpc) is 2.25. The molecule has 0 radical (unpaired) electrons. The van der Waals surface area contributed by atoms with Crippen molar-refractivity contribution >= 4 is 25.7 Å². The Morgan fingerprint density at radius 3 is 2.69 bits per heavy atom. The molecule has 0 aromatic rings. The topological polar surface area (TPSA) is 60.4 Å². The van der Waals surface area contributed by atoms with Crippen molar-refractivity contribution in [3.63, 3.8) is 0 Å². The Labute approximate surface area is 100 Å². The zero-order valence-corrected chi connectivity index (χ0v) is 10.6. The first-order chi connectivity index (χ1) is 7.43.